The predicted octanol–water partition coefficient (Wildman–Crippen LogP) is 1.06. The number of carbonyl (C=O) groups is 2. The summed E-state index contributed by atoms with van der Waals surface area (Å²) in [6.07, 6.45) is 1.06. The van der Waals surface area contributed by atoms with Gasteiger partial charge in [-0.25, -0.2) is 4.79 Å². The first-order valence-electron chi connectivity index (χ1n) is 6.84. The molecule has 0 saturated carbocycles. The maximum Gasteiger partial charge on any atom is 0.326 e. The minimum Gasteiger partial charge on any atom is -0.480 e. The van der Waals surface area contributed by atoms with Gasteiger partial charge in [0.05, 0.1) is 12.5 Å². The Morgan fingerprint density at radius 1 is 1.25 bits per heavy atom. The molecular weight excluding hydrogens is 258 g/mol. The van der Waals surface area contributed by atoms with Gasteiger partial charge in [0.15, 0.2) is 0 Å². The number of carboxylic acid groups (broad SMARTS) is 1. The van der Waals surface area contributed by atoms with Crippen molar-refractivity contribution in [3.05, 3.63) is 35.4 Å². The van der Waals surface area contributed by atoms with Crippen molar-refractivity contribution in [3.8, 4) is 0 Å². The number of fused-ring (bicyclic) bond motifs is 1. The second kappa shape index (κ2) is 5.25. The van der Waals surface area contributed by atoms with Crippen molar-refractivity contribution in [2.24, 2.45) is 5.92 Å². The first-order valence-corrected chi connectivity index (χ1v) is 6.84. The number of amides is 1. The number of hydrogen-bond acceptors (Lipinski definition) is 3. The average Bonchev–Trinajstić information content (AvgIpc) is 2.99. The van der Waals surface area contributed by atoms with Gasteiger partial charge in [-0.15, -0.1) is 0 Å². The van der Waals surface area contributed by atoms with Gasteiger partial charge in [-0.2, -0.15) is 0 Å². The van der Waals surface area contributed by atoms with Gasteiger partial charge in [0.1, 0.15) is 6.04 Å². The zero-order valence-corrected chi connectivity index (χ0v) is 11.1. The zero-order valence-electron chi connectivity index (χ0n) is 11.1. The molecular formula is C15H17NO4. The number of ether oxygens (including phenoxy) is 1. The van der Waals surface area contributed by atoms with E-state index >= 15 is 0 Å². The molecule has 106 valence electrons. The van der Waals surface area contributed by atoms with Crippen molar-refractivity contribution in [2.45, 2.75) is 25.4 Å². The molecule has 2 aliphatic rings. The smallest absolute Gasteiger partial charge is 0.326 e. The van der Waals surface area contributed by atoms with Crippen molar-refractivity contribution in [2.75, 3.05) is 13.2 Å². The van der Waals surface area contributed by atoms with Crippen LogP contribution in [0.15, 0.2) is 24.3 Å². The number of benzene rings is 1. The maximum atomic E-state index is 12.5. The monoisotopic (exact) mass is 275 g/mol. The van der Waals surface area contributed by atoms with Gasteiger partial charge in [0.2, 0.25) is 5.91 Å². The molecule has 1 aromatic carbocycles. The van der Waals surface area contributed by atoms with Crippen molar-refractivity contribution in [1.29, 1.82) is 0 Å². The van der Waals surface area contributed by atoms with Gasteiger partial charge in [-0.1, -0.05) is 24.3 Å². The van der Waals surface area contributed by atoms with E-state index in [-0.39, 0.29) is 11.8 Å². The lowest BCUT2D eigenvalue weighted by Gasteiger charge is -2.35. The average molecular weight is 275 g/mol. The van der Waals surface area contributed by atoms with Crippen LogP contribution in [0.5, 0.6) is 0 Å². The Morgan fingerprint density at radius 2 is 2.00 bits per heavy atom. The molecule has 1 saturated heterocycles. The summed E-state index contributed by atoms with van der Waals surface area (Å²) in [5.41, 5.74) is 2.06. The van der Waals surface area contributed by atoms with Crippen LogP contribution in [0, 0.1) is 5.92 Å². The Labute approximate surface area is 117 Å². The lowest BCUT2D eigenvalue weighted by molar-refractivity contribution is -0.153. The third-order valence-corrected chi connectivity index (χ3v) is 4.10. The zero-order chi connectivity index (χ0) is 14.1. The molecule has 2 heterocycles. The van der Waals surface area contributed by atoms with E-state index in [0.29, 0.717) is 32.6 Å². The van der Waals surface area contributed by atoms with Crippen LogP contribution >= 0.6 is 0 Å². The van der Waals surface area contributed by atoms with E-state index in [1.807, 2.05) is 24.3 Å². The normalized spacial score (nSPS) is 25.3. The van der Waals surface area contributed by atoms with Gasteiger partial charge in [0, 0.05) is 19.6 Å². The van der Waals surface area contributed by atoms with E-state index in [2.05, 4.69) is 0 Å². The first-order chi connectivity index (χ1) is 9.66. The van der Waals surface area contributed by atoms with Crippen LogP contribution in [0.1, 0.15) is 17.5 Å². The number of carbonyl (C=O) groups excluding carboxylic acids is 1. The van der Waals surface area contributed by atoms with E-state index in [9.17, 15) is 14.7 Å². The molecule has 0 radical (unpaired) electrons. The lowest BCUT2D eigenvalue weighted by atomic mass is 9.92. The highest BCUT2D eigenvalue weighted by molar-refractivity contribution is 5.86. The Bertz CT molecular complexity index is 536. The molecule has 1 fully saturated rings. The van der Waals surface area contributed by atoms with Crippen LogP contribution in [-0.2, 0) is 27.3 Å². The van der Waals surface area contributed by atoms with Gasteiger partial charge < -0.3 is 14.7 Å². The number of rotatable bonds is 2. The maximum absolute atomic E-state index is 12.5. The van der Waals surface area contributed by atoms with Crippen LogP contribution in [0.4, 0.5) is 0 Å². The van der Waals surface area contributed by atoms with Crippen molar-refractivity contribution in [3.63, 3.8) is 0 Å². The molecule has 0 bridgehead atoms. The molecule has 5 nitrogen and oxygen atoms in total. The molecule has 5 heteroatoms. The Hall–Kier alpha value is -1.88. The summed E-state index contributed by atoms with van der Waals surface area (Å²) in [5, 5.41) is 9.40. The van der Waals surface area contributed by atoms with Crippen LogP contribution < -0.4 is 0 Å². The molecule has 20 heavy (non-hydrogen) atoms. The Morgan fingerprint density at radius 3 is 2.65 bits per heavy atom. The van der Waals surface area contributed by atoms with E-state index in [1.54, 1.807) is 0 Å². The van der Waals surface area contributed by atoms with Crippen LogP contribution in [0.25, 0.3) is 0 Å². The minimum atomic E-state index is -0.938. The molecule has 0 spiro atoms. The molecule has 0 aliphatic carbocycles. The number of nitrogens with zero attached hydrogens (tertiary/aromatic N) is 1. The molecule has 1 aromatic rings. The van der Waals surface area contributed by atoms with E-state index in [0.717, 1.165) is 11.1 Å². The second-order valence-electron chi connectivity index (χ2n) is 5.35. The van der Waals surface area contributed by atoms with Crippen LogP contribution in [0.2, 0.25) is 0 Å². The molecule has 0 aromatic heterocycles. The third-order valence-electron chi connectivity index (χ3n) is 4.10. The van der Waals surface area contributed by atoms with Crippen LogP contribution in [0.3, 0.4) is 0 Å². The van der Waals surface area contributed by atoms with Crippen molar-refractivity contribution in [1.82, 2.24) is 4.90 Å². The quantitative estimate of drug-likeness (QED) is 0.876. The van der Waals surface area contributed by atoms with Gasteiger partial charge in [0.25, 0.3) is 0 Å². The fourth-order valence-electron chi connectivity index (χ4n) is 2.94. The van der Waals surface area contributed by atoms with Crippen molar-refractivity contribution < 1.29 is 19.4 Å². The highest BCUT2D eigenvalue weighted by Crippen LogP contribution is 2.26. The fraction of sp³-hybridized carbons (Fsp3) is 0.467. The highest BCUT2D eigenvalue weighted by atomic mass is 16.5. The van der Waals surface area contributed by atoms with Crippen molar-refractivity contribution >= 4 is 11.9 Å². The number of aliphatic carboxylic acids is 1. The first kappa shape index (κ1) is 13.1. The topological polar surface area (TPSA) is 66.8 Å². The van der Waals surface area contributed by atoms with Gasteiger partial charge in [-0.05, 0) is 17.5 Å². The summed E-state index contributed by atoms with van der Waals surface area (Å²) >= 11 is 0. The summed E-state index contributed by atoms with van der Waals surface area (Å²) < 4.78 is 5.24. The summed E-state index contributed by atoms with van der Waals surface area (Å²) in [7, 11) is 0. The largest absolute Gasteiger partial charge is 0.480 e. The van der Waals surface area contributed by atoms with Crippen LogP contribution in [-0.4, -0.2) is 41.1 Å². The second-order valence-corrected chi connectivity index (χ2v) is 5.35. The molecule has 0 unspecified atom stereocenters. The molecule has 2 atom stereocenters. The Balaban J connectivity index is 1.88. The minimum absolute atomic E-state index is 0.0931. The summed E-state index contributed by atoms with van der Waals surface area (Å²) in [6.45, 7) is 1.37. The molecule has 1 N–H and O–H groups in total. The summed E-state index contributed by atoms with van der Waals surface area (Å²) in [4.78, 5) is 25.5. The molecule has 3 rings (SSSR count). The van der Waals surface area contributed by atoms with E-state index in [1.165, 1.54) is 4.90 Å². The summed E-state index contributed by atoms with van der Waals surface area (Å²) in [5.74, 6) is -1.22. The lowest BCUT2D eigenvalue weighted by Crippen LogP contribution is -2.50. The molecule has 1 amide bonds. The van der Waals surface area contributed by atoms with Gasteiger partial charge in [-0.3, -0.25) is 4.79 Å². The Kier molecular flexibility index (Phi) is 3.44. The SMILES string of the molecule is O=C(O)[C@@H]1Cc2ccccc2CN1C(=O)[C@@H]1CCOC1. The van der Waals surface area contributed by atoms with E-state index < -0.39 is 12.0 Å². The fourth-order valence-corrected chi connectivity index (χ4v) is 2.94. The standard InChI is InChI=1S/C15H17NO4/c17-14(12-5-6-20-9-12)16-8-11-4-2-1-3-10(11)7-13(16)15(18)19/h1-4,12-13H,5-9H2,(H,18,19)/t12-,13+/m1/s1. The third kappa shape index (κ3) is 2.29. The number of hydrogen-bond donors (Lipinski definition) is 1. The van der Waals surface area contributed by atoms with E-state index in [4.69, 9.17) is 4.74 Å². The summed E-state index contributed by atoms with van der Waals surface area (Å²) in [6, 6.07) is 6.95. The molecule has 2 aliphatic heterocycles. The van der Waals surface area contributed by atoms with Gasteiger partial charge >= 0.3 is 5.97 Å². The number of carboxylic acids is 1. The highest BCUT2D eigenvalue weighted by Gasteiger charge is 2.38. The predicted molar refractivity (Wildman–Crippen MR) is 71.0 cm³/mol.